The molecular formula is C20H21FN4. The van der Waals surface area contributed by atoms with Gasteiger partial charge >= 0.3 is 0 Å². The molecule has 0 radical (unpaired) electrons. The first kappa shape index (κ1) is 14.9. The van der Waals surface area contributed by atoms with Crippen LogP contribution in [0, 0.1) is 11.7 Å². The minimum absolute atomic E-state index is 0.258. The van der Waals surface area contributed by atoms with Gasteiger partial charge in [0.25, 0.3) is 0 Å². The Balaban J connectivity index is 1.49. The smallest absolute Gasteiger partial charge is 0.181 e. The minimum Gasteiger partial charge on any atom is -0.371 e. The molecule has 2 aromatic heterocycles. The Morgan fingerprint density at radius 1 is 1.12 bits per heavy atom. The molecule has 3 heterocycles. The Morgan fingerprint density at radius 2 is 2.00 bits per heavy atom. The summed E-state index contributed by atoms with van der Waals surface area (Å²) in [7, 11) is 0. The van der Waals surface area contributed by atoms with E-state index in [1.165, 1.54) is 37.3 Å². The van der Waals surface area contributed by atoms with Crippen molar-refractivity contribution in [1.82, 2.24) is 14.8 Å². The molecule has 128 valence electrons. The topological polar surface area (TPSA) is 34.0 Å². The quantitative estimate of drug-likeness (QED) is 0.719. The molecule has 0 amide bonds. The van der Waals surface area contributed by atoms with E-state index in [4.69, 9.17) is 0 Å². The van der Waals surface area contributed by atoms with Gasteiger partial charge in [0, 0.05) is 36.6 Å². The zero-order valence-corrected chi connectivity index (χ0v) is 14.2. The van der Waals surface area contributed by atoms with E-state index < -0.39 is 0 Å². The van der Waals surface area contributed by atoms with E-state index in [1.807, 2.05) is 24.5 Å². The summed E-state index contributed by atoms with van der Waals surface area (Å²) in [4.78, 5) is 6.74. The van der Waals surface area contributed by atoms with Crippen LogP contribution in [-0.4, -0.2) is 27.9 Å². The van der Waals surface area contributed by atoms with Gasteiger partial charge in [-0.15, -0.1) is 5.10 Å². The summed E-state index contributed by atoms with van der Waals surface area (Å²) >= 11 is 0. The Morgan fingerprint density at radius 3 is 2.72 bits per heavy atom. The molecule has 25 heavy (non-hydrogen) atoms. The Labute approximate surface area is 146 Å². The van der Waals surface area contributed by atoms with Gasteiger partial charge in [0.15, 0.2) is 5.65 Å². The van der Waals surface area contributed by atoms with Crippen molar-refractivity contribution < 1.29 is 4.39 Å². The lowest BCUT2D eigenvalue weighted by atomic mass is 9.81. The molecule has 0 bridgehead atoms. The molecule has 2 fully saturated rings. The first-order valence-corrected chi connectivity index (χ1v) is 9.15. The van der Waals surface area contributed by atoms with E-state index in [-0.39, 0.29) is 5.82 Å². The molecule has 1 saturated carbocycles. The lowest BCUT2D eigenvalue weighted by Gasteiger charge is -2.33. The number of rotatable bonds is 4. The van der Waals surface area contributed by atoms with Crippen LogP contribution in [0.25, 0.3) is 16.7 Å². The summed E-state index contributed by atoms with van der Waals surface area (Å²) in [5.74, 6) is 0.548. The third-order valence-electron chi connectivity index (χ3n) is 5.56. The van der Waals surface area contributed by atoms with Crippen molar-refractivity contribution >= 4 is 16.7 Å². The van der Waals surface area contributed by atoms with Crippen molar-refractivity contribution in [2.45, 2.75) is 32.1 Å². The molecule has 0 atom stereocenters. The summed E-state index contributed by atoms with van der Waals surface area (Å²) < 4.78 is 16.0. The maximum absolute atomic E-state index is 14.4. The van der Waals surface area contributed by atoms with Gasteiger partial charge in [-0.1, -0.05) is 19.3 Å². The second-order valence-corrected chi connectivity index (χ2v) is 7.31. The van der Waals surface area contributed by atoms with Gasteiger partial charge in [-0.05, 0) is 48.6 Å². The molecule has 5 heteroatoms. The number of hydrogen-bond acceptors (Lipinski definition) is 3. The van der Waals surface area contributed by atoms with Gasteiger partial charge < -0.3 is 4.90 Å². The zero-order chi connectivity index (χ0) is 16.8. The Bertz CT molecular complexity index is 925. The average Bonchev–Trinajstić information content (AvgIpc) is 2.94. The van der Waals surface area contributed by atoms with Crippen LogP contribution in [0.2, 0.25) is 0 Å². The van der Waals surface area contributed by atoms with Gasteiger partial charge in [-0.3, -0.25) is 0 Å². The number of nitrogens with zero attached hydrogens (tertiary/aromatic N) is 4. The maximum Gasteiger partial charge on any atom is 0.181 e. The summed E-state index contributed by atoms with van der Waals surface area (Å²) in [5, 5.41) is 5.47. The Kier molecular flexibility index (Phi) is 3.47. The van der Waals surface area contributed by atoms with Gasteiger partial charge in [0.1, 0.15) is 11.5 Å². The summed E-state index contributed by atoms with van der Waals surface area (Å²) in [5.41, 5.74) is 3.47. The third-order valence-corrected chi connectivity index (χ3v) is 5.56. The third kappa shape index (κ3) is 2.68. The fourth-order valence-corrected chi connectivity index (χ4v) is 3.67. The lowest BCUT2D eigenvalue weighted by molar-refractivity contribution is 0.314. The standard InChI is InChI=1S/C20H21FN4/c21-18-6-5-17(24-7-2-8-24)11-19(18)25-13-16-10-15(9-14-3-1-4-14)12-22-20(16)23-25/h5-6,10-14H,1-4,7-9H2. The highest BCUT2D eigenvalue weighted by atomic mass is 19.1. The summed E-state index contributed by atoms with van der Waals surface area (Å²) in [6.45, 7) is 2.08. The number of aromatic nitrogens is 3. The zero-order valence-electron chi connectivity index (χ0n) is 14.2. The van der Waals surface area contributed by atoms with Crippen LogP contribution >= 0.6 is 0 Å². The predicted octanol–water partition coefficient (Wildman–Crippen LogP) is 4.11. The van der Waals surface area contributed by atoms with Crippen molar-refractivity contribution in [3.8, 4) is 5.69 Å². The van der Waals surface area contributed by atoms with Crippen LogP contribution in [0.5, 0.6) is 0 Å². The molecule has 1 saturated heterocycles. The van der Waals surface area contributed by atoms with Crippen LogP contribution in [-0.2, 0) is 6.42 Å². The van der Waals surface area contributed by atoms with Crippen molar-refractivity contribution in [1.29, 1.82) is 0 Å². The van der Waals surface area contributed by atoms with Gasteiger partial charge in [0.2, 0.25) is 0 Å². The monoisotopic (exact) mass is 336 g/mol. The molecule has 4 nitrogen and oxygen atoms in total. The largest absolute Gasteiger partial charge is 0.371 e. The molecule has 2 aliphatic rings. The van der Waals surface area contributed by atoms with E-state index in [9.17, 15) is 4.39 Å². The first-order chi connectivity index (χ1) is 12.3. The highest BCUT2D eigenvalue weighted by Gasteiger charge is 2.19. The number of halogens is 1. The van der Waals surface area contributed by atoms with Crippen LogP contribution in [0.15, 0.2) is 36.7 Å². The van der Waals surface area contributed by atoms with Gasteiger partial charge in [-0.2, -0.15) is 0 Å². The highest BCUT2D eigenvalue weighted by molar-refractivity contribution is 5.75. The SMILES string of the molecule is Fc1ccc(N2CCC2)cc1-n1cc2cc(CC3CCC3)cnc2n1. The summed E-state index contributed by atoms with van der Waals surface area (Å²) in [6.07, 6.45) is 10.1. The molecular weight excluding hydrogens is 315 g/mol. The van der Waals surface area contributed by atoms with E-state index in [0.717, 1.165) is 36.5 Å². The van der Waals surface area contributed by atoms with Gasteiger partial charge in [-0.25, -0.2) is 14.1 Å². The van der Waals surface area contributed by atoms with E-state index in [2.05, 4.69) is 21.0 Å². The fourth-order valence-electron chi connectivity index (χ4n) is 3.67. The van der Waals surface area contributed by atoms with Crippen LogP contribution in [0.4, 0.5) is 10.1 Å². The van der Waals surface area contributed by atoms with Crippen molar-refractivity contribution in [3.63, 3.8) is 0 Å². The minimum atomic E-state index is -0.258. The number of anilines is 1. The highest BCUT2D eigenvalue weighted by Crippen LogP contribution is 2.30. The molecule has 1 aliphatic heterocycles. The molecule has 1 aliphatic carbocycles. The van der Waals surface area contributed by atoms with E-state index >= 15 is 0 Å². The molecule has 0 unspecified atom stereocenters. The molecule has 0 N–H and O–H groups in total. The van der Waals surface area contributed by atoms with Gasteiger partial charge in [0.05, 0.1) is 0 Å². The number of hydrogen-bond donors (Lipinski definition) is 0. The Hall–Kier alpha value is -2.43. The fraction of sp³-hybridized carbons (Fsp3) is 0.400. The summed E-state index contributed by atoms with van der Waals surface area (Å²) in [6, 6.07) is 7.41. The van der Waals surface area contributed by atoms with Crippen molar-refractivity contribution in [3.05, 3.63) is 48.0 Å². The van der Waals surface area contributed by atoms with Crippen molar-refractivity contribution in [2.75, 3.05) is 18.0 Å². The first-order valence-electron chi connectivity index (χ1n) is 9.15. The number of benzene rings is 1. The lowest BCUT2D eigenvalue weighted by Crippen LogP contribution is -2.37. The molecule has 3 aromatic rings. The normalized spacial score (nSPS) is 17.6. The number of fused-ring (bicyclic) bond motifs is 1. The van der Waals surface area contributed by atoms with Crippen LogP contribution < -0.4 is 4.90 Å². The number of pyridine rings is 1. The maximum atomic E-state index is 14.4. The predicted molar refractivity (Wildman–Crippen MR) is 96.7 cm³/mol. The second-order valence-electron chi connectivity index (χ2n) is 7.31. The second kappa shape index (κ2) is 5.83. The van der Waals surface area contributed by atoms with E-state index in [0.29, 0.717) is 11.3 Å². The average molecular weight is 336 g/mol. The van der Waals surface area contributed by atoms with Crippen molar-refractivity contribution in [2.24, 2.45) is 5.92 Å². The van der Waals surface area contributed by atoms with E-state index in [1.54, 1.807) is 4.68 Å². The van der Waals surface area contributed by atoms with Crippen LogP contribution in [0.1, 0.15) is 31.2 Å². The van der Waals surface area contributed by atoms with Crippen LogP contribution in [0.3, 0.4) is 0 Å². The molecule has 5 rings (SSSR count). The molecule has 1 aromatic carbocycles. The molecule has 0 spiro atoms.